The Balaban J connectivity index is 2.34. The maximum atomic E-state index is 12.5. The number of rotatable bonds is 4. The van der Waals surface area contributed by atoms with E-state index in [1.165, 1.54) is 24.3 Å². The van der Waals surface area contributed by atoms with Crippen molar-refractivity contribution in [2.24, 2.45) is 4.99 Å². The Bertz CT molecular complexity index is 862. The van der Waals surface area contributed by atoms with E-state index in [9.17, 15) is 13.7 Å². The van der Waals surface area contributed by atoms with Crippen LogP contribution in [0.5, 0.6) is 0 Å². The van der Waals surface area contributed by atoms with Gasteiger partial charge in [-0.25, -0.2) is 8.42 Å². The maximum absolute atomic E-state index is 12.5. The van der Waals surface area contributed by atoms with E-state index in [0.717, 1.165) is 17.3 Å². The van der Waals surface area contributed by atoms with Crippen LogP contribution in [0.25, 0.3) is 0 Å². The molecule has 118 valence electrons. The van der Waals surface area contributed by atoms with Crippen molar-refractivity contribution in [3.8, 4) is 6.07 Å². The first-order valence-corrected chi connectivity index (χ1v) is 8.77. The second-order valence-electron chi connectivity index (χ2n) is 5.17. The summed E-state index contributed by atoms with van der Waals surface area (Å²) in [6.45, 7) is 3.86. The Morgan fingerprint density at radius 2 is 1.70 bits per heavy atom. The summed E-state index contributed by atoms with van der Waals surface area (Å²) in [7, 11) is -3.83. The standard InChI is InChI=1S/C17H15ClN2O2S/c1-12-7-13(2)9-15(8-12)20-11-17(10-19)23(21,22)16-5-3-14(18)4-6-16/h3-9,11,17H,1-2H3. The third-order valence-corrected chi connectivity index (χ3v) is 5.25. The second kappa shape index (κ2) is 6.95. The number of hydrogen-bond acceptors (Lipinski definition) is 4. The molecule has 0 aliphatic carbocycles. The average molecular weight is 347 g/mol. The molecule has 1 unspecified atom stereocenters. The molecule has 0 aliphatic heterocycles. The van der Waals surface area contributed by atoms with Crippen molar-refractivity contribution < 1.29 is 8.42 Å². The van der Waals surface area contributed by atoms with Crippen LogP contribution in [0.4, 0.5) is 5.69 Å². The highest BCUT2D eigenvalue weighted by Gasteiger charge is 2.25. The molecule has 0 heterocycles. The van der Waals surface area contributed by atoms with E-state index in [2.05, 4.69) is 4.99 Å². The first kappa shape index (κ1) is 17.2. The molecule has 0 aromatic heterocycles. The molecule has 0 N–H and O–H groups in total. The van der Waals surface area contributed by atoms with E-state index in [0.29, 0.717) is 10.7 Å². The highest BCUT2D eigenvalue weighted by Crippen LogP contribution is 2.20. The van der Waals surface area contributed by atoms with Crippen molar-refractivity contribution in [1.29, 1.82) is 5.26 Å². The third-order valence-electron chi connectivity index (χ3n) is 3.17. The zero-order chi connectivity index (χ0) is 17.0. The molecule has 0 spiro atoms. The van der Waals surface area contributed by atoms with Gasteiger partial charge in [0, 0.05) is 11.2 Å². The predicted molar refractivity (Wildman–Crippen MR) is 92.1 cm³/mol. The predicted octanol–water partition coefficient (Wildman–Crippen LogP) is 4.03. The summed E-state index contributed by atoms with van der Waals surface area (Å²) in [4.78, 5) is 4.20. The van der Waals surface area contributed by atoms with Crippen LogP contribution >= 0.6 is 11.6 Å². The van der Waals surface area contributed by atoms with Gasteiger partial charge in [0.1, 0.15) is 0 Å². The molecule has 2 aromatic carbocycles. The molecule has 6 heteroatoms. The van der Waals surface area contributed by atoms with E-state index in [-0.39, 0.29) is 4.90 Å². The monoisotopic (exact) mass is 346 g/mol. The van der Waals surface area contributed by atoms with Gasteiger partial charge in [-0.15, -0.1) is 0 Å². The summed E-state index contributed by atoms with van der Waals surface area (Å²) in [6, 6.07) is 13.1. The number of aliphatic imine (C=N–C) groups is 1. The van der Waals surface area contributed by atoms with Crippen molar-refractivity contribution >= 4 is 33.3 Å². The average Bonchev–Trinajstić information content (AvgIpc) is 2.47. The Hall–Kier alpha value is -2.16. The molecule has 0 saturated carbocycles. The number of benzene rings is 2. The first-order valence-electron chi connectivity index (χ1n) is 6.84. The largest absolute Gasteiger partial charge is 0.259 e. The minimum atomic E-state index is -3.83. The number of nitrogens with zero attached hydrogens (tertiary/aromatic N) is 2. The van der Waals surface area contributed by atoms with Gasteiger partial charge >= 0.3 is 0 Å². The van der Waals surface area contributed by atoms with Gasteiger partial charge < -0.3 is 0 Å². The molecule has 0 bridgehead atoms. The minimum absolute atomic E-state index is 0.0420. The highest BCUT2D eigenvalue weighted by atomic mass is 35.5. The van der Waals surface area contributed by atoms with Gasteiger partial charge in [0.25, 0.3) is 0 Å². The van der Waals surface area contributed by atoms with E-state index in [4.69, 9.17) is 11.6 Å². The SMILES string of the molecule is Cc1cc(C)cc(N=CC(C#N)S(=O)(=O)c2ccc(Cl)cc2)c1. The van der Waals surface area contributed by atoms with Crippen LogP contribution in [0.2, 0.25) is 5.02 Å². The molecule has 2 rings (SSSR count). The molecule has 0 radical (unpaired) electrons. The smallest absolute Gasteiger partial charge is 0.199 e. The van der Waals surface area contributed by atoms with Crippen molar-refractivity contribution in [1.82, 2.24) is 0 Å². The lowest BCUT2D eigenvalue weighted by Gasteiger charge is -2.07. The van der Waals surface area contributed by atoms with Crippen LogP contribution in [-0.4, -0.2) is 19.9 Å². The molecule has 1 atom stereocenters. The maximum Gasteiger partial charge on any atom is 0.199 e. The Labute approximate surface area is 141 Å². The lowest BCUT2D eigenvalue weighted by Crippen LogP contribution is -2.21. The van der Waals surface area contributed by atoms with Gasteiger partial charge in [-0.1, -0.05) is 17.7 Å². The number of sulfone groups is 1. The lowest BCUT2D eigenvalue weighted by molar-refractivity contribution is 0.596. The molecule has 2 aromatic rings. The highest BCUT2D eigenvalue weighted by molar-refractivity contribution is 7.93. The second-order valence-corrected chi connectivity index (χ2v) is 7.68. The van der Waals surface area contributed by atoms with Gasteiger partial charge in [0.2, 0.25) is 0 Å². The number of nitriles is 1. The van der Waals surface area contributed by atoms with Crippen molar-refractivity contribution in [3.05, 3.63) is 58.6 Å². The molecule has 0 aliphatic rings. The van der Waals surface area contributed by atoms with E-state index in [1.54, 1.807) is 6.07 Å². The van der Waals surface area contributed by atoms with Gasteiger partial charge in [-0.2, -0.15) is 5.26 Å². The van der Waals surface area contributed by atoms with E-state index < -0.39 is 15.1 Å². The molecule has 0 amide bonds. The van der Waals surface area contributed by atoms with Gasteiger partial charge in [0.05, 0.1) is 16.7 Å². The fraction of sp³-hybridized carbons (Fsp3) is 0.176. The molecule has 0 fully saturated rings. The van der Waals surface area contributed by atoms with Gasteiger partial charge in [0.15, 0.2) is 15.1 Å². The zero-order valence-electron chi connectivity index (χ0n) is 12.7. The summed E-state index contributed by atoms with van der Waals surface area (Å²) in [5.74, 6) is 0. The molecule has 23 heavy (non-hydrogen) atoms. The van der Waals surface area contributed by atoms with E-state index >= 15 is 0 Å². The van der Waals surface area contributed by atoms with Crippen LogP contribution < -0.4 is 0 Å². The van der Waals surface area contributed by atoms with Crippen LogP contribution in [0.1, 0.15) is 11.1 Å². The molecule has 0 saturated heterocycles. The zero-order valence-corrected chi connectivity index (χ0v) is 14.3. The minimum Gasteiger partial charge on any atom is -0.259 e. The summed E-state index contributed by atoms with van der Waals surface area (Å²) in [5.41, 5.74) is 2.66. The quantitative estimate of drug-likeness (QED) is 0.785. The Kier molecular flexibility index (Phi) is 5.19. The van der Waals surface area contributed by atoms with E-state index in [1.807, 2.05) is 32.0 Å². The number of aryl methyl sites for hydroxylation is 2. The topological polar surface area (TPSA) is 70.3 Å². The summed E-state index contributed by atoms with van der Waals surface area (Å²) >= 11 is 5.76. The van der Waals surface area contributed by atoms with Crippen LogP contribution in [0, 0.1) is 25.2 Å². The Morgan fingerprint density at radius 3 is 2.22 bits per heavy atom. The number of hydrogen-bond donors (Lipinski definition) is 0. The number of halogens is 1. The molecule has 4 nitrogen and oxygen atoms in total. The normalized spacial score (nSPS) is 13.0. The van der Waals surface area contributed by atoms with Gasteiger partial charge in [-0.05, 0) is 61.4 Å². The van der Waals surface area contributed by atoms with Crippen molar-refractivity contribution in [2.75, 3.05) is 0 Å². The summed E-state index contributed by atoms with van der Waals surface area (Å²) in [5, 5.41) is 8.29. The summed E-state index contributed by atoms with van der Waals surface area (Å²) < 4.78 is 24.9. The fourth-order valence-corrected chi connectivity index (χ4v) is 3.43. The van der Waals surface area contributed by atoms with Crippen LogP contribution in [-0.2, 0) is 9.84 Å². The van der Waals surface area contributed by atoms with Gasteiger partial charge in [-0.3, -0.25) is 4.99 Å². The molecular weight excluding hydrogens is 332 g/mol. The van der Waals surface area contributed by atoms with Crippen LogP contribution in [0.15, 0.2) is 52.4 Å². The Morgan fingerprint density at radius 1 is 1.13 bits per heavy atom. The fourth-order valence-electron chi connectivity index (χ4n) is 2.13. The first-order chi connectivity index (χ1) is 10.8. The van der Waals surface area contributed by atoms with Crippen molar-refractivity contribution in [2.45, 2.75) is 24.0 Å². The summed E-state index contributed by atoms with van der Waals surface area (Å²) in [6.07, 6.45) is 1.16. The molecular formula is C17H15ClN2O2S. The third kappa shape index (κ3) is 4.19. The van der Waals surface area contributed by atoms with Crippen LogP contribution in [0.3, 0.4) is 0 Å². The lowest BCUT2D eigenvalue weighted by atomic mass is 10.1. The van der Waals surface area contributed by atoms with Crippen molar-refractivity contribution in [3.63, 3.8) is 0 Å².